The first-order valence-electron chi connectivity index (χ1n) is 8.63. The van der Waals surface area contributed by atoms with Gasteiger partial charge in [-0.25, -0.2) is 4.98 Å². The number of hydrogen-bond donors (Lipinski definition) is 0. The Kier molecular flexibility index (Phi) is 4.87. The average Bonchev–Trinajstić information content (AvgIpc) is 3.24. The summed E-state index contributed by atoms with van der Waals surface area (Å²) < 4.78 is 6.96. The molecule has 0 saturated heterocycles. The molecule has 1 aliphatic rings. The van der Waals surface area contributed by atoms with Crippen molar-refractivity contribution in [2.45, 2.75) is 36.7 Å². The average molecular weight is 385 g/mol. The van der Waals surface area contributed by atoms with Gasteiger partial charge in [-0.2, -0.15) is 0 Å². The number of ether oxygens (including phenoxy) is 1. The number of nitrogens with zero attached hydrogens (tertiary/aromatic N) is 2. The molecule has 1 aliphatic carbocycles. The van der Waals surface area contributed by atoms with Gasteiger partial charge in [0.25, 0.3) is 5.56 Å². The molecule has 0 saturated carbocycles. The number of rotatable bonds is 6. The van der Waals surface area contributed by atoms with Crippen LogP contribution < -0.4 is 10.3 Å². The molecule has 0 spiro atoms. The Bertz CT molecular complexity index is 1020. The van der Waals surface area contributed by atoms with Crippen LogP contribution in [-0.4, -0.2) is 16.7 Å². The molecule has 2 heterocycles. The zero-order valence-electron chi connectivity index (χ0n) is 14.7. The molecular formula is C20H20N2O2S2. The van der Waals surface area contributed by atoms with E-state index in [4.69, 9.17) is 9.72 Å². The van der Waals surface area contributed by atoms with Gasteiger partial charge in [-0.15, -0.1) is 17.9 Å². The second-order valence-corrected chi connectivity index (χ2v) is 8.30. The minimum Gasteiger partial charge on any atom is -0.497 e. The summed E-state index contributed by atoms with van der Waals surface area (Å²) in [5.74, 6) is 1.60. The van der Waals surface area contributed by atoms with E-state index in [1.807, 2.05) is 24.3 Å². The molecule has 0 unspecified atom stereocenters. The van der Waals surface area contributed by atoms with Crippen molar-refractivity contribution in [2.24, 2.45) is 0 Å². The largest absolute Gasteiger partial charge is 0.497 e. The minimum atomic E-state index is 0.0755. The fourth-order valence-corrected chi connectivity index (χ4v) is 5.60. The number of methoxy groups -OCH3 is 1. The predicted molar refractivity (Wildman–Crippen MR) is 109 cm³/mol. The van der Waals surface area contributed by atoms with Gasteiger partial charge in [0.2, 0.25) is 0 Å². The smallest absolute Gasteiger partial charge is 0.263 e. The Morgan fingerprint density at radius 3 is 2.88 bits per heavy atom. The van der Waals surface area contributed by atoms with Crippen LogP contribution >= 0.6 is 23.1 Å². The van der Waals surface area contributed by atoms with E-state index in [2.05, 4.69) is 6.58 Å². The Labute approximate surface area is 160 Å². The molecule has 134 valence electrons. The van der Waals surface area contributed by atoms with E-state index in [0.29, 0.717) is 6.54 Å². The molecule has 3 aromatic rings. The van der Waals surface area contributed by atoms with E-state index in [-0.39, 0.29) is 5.56 Å². The van der Waals surface area contributed by atoms with E-state index in [0.717, 1.165) is 46.1 Å². The summed E-state index contributed by atoms with van der Waals surface area (Å²) in [4.78, 5) is 20.2. The molecular weight excluding hydrogens is 364 g/mol. The Balaban J connectivity index is 1.70. The van der Waals surface area contributed by atoms with Crippen molar-refractivity contribution < 1.29 is 4.74 Å². The molecule has 2 aromatic heterocycles. The number of benzene rings is 1. The summed E-state index contributed by atoms with van der Waals surface area (Å²) in [6, 6.07) is 7.99. The lowest BCUT2D eigenvalue weighted by molar-refractivity contribution is 0.414. The topological polar surface area (TPSA) is 44.1 Å². The first kappa shape index (κ1) is 17.4. The molecule has 0 radical (unpaired) electrons. The number of aromatic nitrogens is 2. The zero-order chi connectivity index (χ0) is 18.1. The van der Waals surface area contributed by atoms with Crippen LogP contribution in [0.15, 0.2) is 46.9 Å². The van der Waals surface area contributed by atoms with Crippen molar-refractivity contribution in [3.8, 4) is 5.75 Å². The molecule has 0 atom stereocenters. The third kappa shape index (κ3) is 3.08. The maximum Gasteiger partial charge on any atom is 0.263 e. The first-order chi connectivity index (χ1) is 12.7. The highest BCUT2D eigenvalue weighted by molar-refractivity contribution is 7.98. The standard InChI is InChI=1S/C20H20N2O2S2/c1-3-11-22-19(23)17-15-5-4-6-16(15)26-18(17)21-20(22)25-12-13-7-9-14(24-2)10-8-13/h3,7-10H,1,4-6,11-12H2,2H3. The number of hydrogen-bond acceptors (Lipinski definition) is 5. The molecule has 0 N–H and O–H groups in total. The van der Waals surface area contributed by atoms with Crippen LogP contribution in [0.5, 0.6) is 5.75 Å². The summed E-state index contributed by atoms with van der Waals surface area (Å²) >= 11 is 3.28. The normalized spacial score (nSPS) is 13.1. The van der Waals surface area contributed by atoms with Gasteiger partial charge in [-0.05, 0) is 42.5 Å². The lowest BCUT2D eigenvalue weighted by Crippen LogP contribution is -2.22. The third-order valence-electron chi connectivity index (χ3n) is 4.63. The van der Waals surface area contributed by atoms with Crippen LogP contribution in [0.25, 0.3) is 10.2 Å². The van der Waals surface area contributed by atoms with Crippen LogP contribution in [0.2, 0.25) is 0 Å². The van der Waals surface area contributed by atoms with Gasteiger partial charge < -0.3 is 4.74 Å². The van der Waals surface area contributed by atoms with Gasteiger partial charge in [0, 0.05) is 17.2 Å². The fourth-order valence-electron chi connectivity index (χ4n) is 3.33. The lowest BCUT2D eigenvalue weighted by atomic mass is 10.2. The van der Waals surface area contributed by atoms with Crippen molar-refractivity contribution in [1.29, 1.82) is 0 Å². The summed E-state index contributed by atoms with van der Waals surface area (Å²) in [5.41, 5.74) is 2.47. The molecule has 0 aliphatic heterocycles. The maximum absolute atomic E-state index is 13.1. The monoisotopic (exact) mass is 384 g/mol. The number of thiophene rings is 1. The van der Waals surface area contributed by atoms with Gasteiger partial charge in [0.1, 0.15) is 10.6 Å². The molecule has 6 heteroatoms. The number of aryl methyl sites for hydroxylation is 2. The van der Waals surface area contributed by atoms with Crippen molar-refractivity contribution in [1.82, 2.24) is 9.55 Å². The number of allylic oxidation sites excluding steroid dienone is 1. The van der Waals surface area contributed by atoms with Gasteiger partial charge in [-0.3, -0.25) is 9.36 Å². The van der Waals surface area contributed by atoms with E-state index < -0.39 is 0 Å². The van der Waals surface area contributed by atoms with E-state index in [9.17, 15) is 4.79 Å². The van der Waals surface area contributed by atoms with Crippen molar-refractivity contribution in [2.75, 3.05) is 7.11 Å². The van der Waals surface area contributed by atoms with Crippen LogP contribution in [0.3, 0.4) is 0 Å². The number of fused-ring (bicyclic) bond motifs is 3. The molecule has 26 heavy (non-hydrogen) atoms. The summed E-state index contributed by atoms with van der Waals surface area (Å²) in [6.07, 6.45) is 4.98. The van der Waals surface area contributed by atoms with Crippen LogP contribution in [-0.2, 0) is 25.1 Å². The Hall–Kier alpha value is -2.05. The quantitative estimate of drug-likeness (QED) is 0.358. The first-order valence-corrected chi connectivity index (χ1v) is 10.4. The molecule has 0 amide bonds. The maximum atomic E-state index is 13.1. The summed E-state index contributed by atoms with van der Waals surface area (Å²) in [5, 5.41) is 1.59. The highest BCUT2D eigenvalue weighted by Gasteiger charge is 2.23. The number of thioether (sulfide) groups is 1. The molecule has 0 fully saturated rings. The van der Waals surface area contributed by atoms with Crippen molar-refractivity contribution in [3.05, 3.63) is 63.3 Å². The third-order valence-corrected chi connectivity index (χ3v) is 6.86. The van der Waals surface area contributed by atoms with Gasteiger partial charge in [0.15, 0.2) is 5.16 Å². The second kappa shape index (κ2) is 7.29. The SMILES string of the molecule is C=CCn1c(SCc2ccc(OC)cc2)nc2sc3c(c2c1=O)CCC3. The van der Waals surface area contributed by atoms with Crippen LogP contribution in [0, 0.1) is 0 Å². The molecule has 1 aromatic carbocycles. The molecule has 4 nitrogen and oxygen atoms in total. The highest BCUT2D eigenvalue weighted by Crippen LogP contribution is 2.36. The second-order valence-electron chi connectivity index (χ2n) is 6.27. The zero-order valence-corrected chi connectivity index (χ0v) is 16.3. The predicted octanol–water partition coefficient (Wildman–Crippen LogP) is 4.43. The summed E-state index contributed by atoms with van der Waals surface area (Å²) in [7, 11) is 1.66. The van der Waals surface area contributed by atoms with E-state index in [1.165, 1.54) is 16.0 Å². The van der Waals surface area contributed by atoms with E-state index in [1.54, 1.807) is 40.9 Å². The van der Waals surface area contributed by atoms with Crippen molar-refractivity contribution >= 4 is 33.3 Å². The van der Waals surface area contributed by atoms with Crippen molar-refractivity contribution in [3.63, 3.8) is 0 Å². The minimum absolute atomic E-state index is 0.0755. The molecule has 0 bridgehead atoms. The van der Waals surface area contributed by atoms with Gasteiger partial charge in [0.05, 0.1) is 12.5 Å². The van der Waals surface area contributed by atoms with Crippen LogP contribution in [0.4, 0.5) is 0 Å². The van der Waals surface area contributed by atoms with E-state index >= 15 is 0 Å². The Morgan fingerprint density at radius 1 is 1.35 bits per heavy atom. The van der Waals surface area contributed by atoms with Crippen LogP contribution in [0.1, 0.15) is 22.4 Å². The molecule has 4 rings (SSSR count). The van der Waals surface area contributed by atoms with Gasteiger partial charge in [-0.1, -0.05) is 30.0 Å². The lowest BCUT2D eigenvalue weighted by Gasteiger charge is -2.11. The van der Waals surface area contributed by atoms with Gasteiger partial charge >= 0.3 is 0 Å². The highest BCUT2D eigenvalue weighted by atomic mass is 32.2. The fraction of sp³-hybridized carbons (Fsp3) is 0.300. The Morgan fingerprint density at radius 2 is 2.15 bits per heavy atom. The summed E-state index contributed by atoms with van der Waals surface area (Å²) in [6.45, 7) is 4.29.